The Kier molecular flexibility index (Phi) is 5.63. The number of rotatable bonds is 6. The number of nitriles is 1. The molecule has 2 heterocycles. The minimum Gasteiger partial charge on any atom is -0.308 e. The van der Waals surface area contributed by atoms with E-state index in [2.05, 4.69) is 20.8 Å². The molecule has 1 aliphatic rings. The zero-order chi connectivity index (χ0) is 24.5. The first-order chi connectivity index (χ1) is 17.0. The molecular weight excluding hydrogens is 458 g/mol. The second kappa shape index (κ2) is 8.78. The van der Waals surface area contributed by atoms with Gasteiger partial charge in [-0.05, 0) is 65.4 Å². The lowest BCUT2D eigenvalue weighted by Gasteiger charge is -2.21. The third-order valence-electron chi connectivity index (χ3n) is 6.30. The Morgan fingerprint density at radius 3 is 2.26 bits per heavy atom. The molecule has 0 saturated heterocycles. The SMILES string of the molecule is N#CC1(c2cc(-c3ccnc(NS(=O)(=O)c4ccccc4)c3C=N)ccn2)Cc2ccccc2C1. The van der Waals surface area contributed by atoms with Gasteiger partial charge in [-0.3, -0.25) is 9.71 Å². The Hall–Kier alpha value is -4.35. The van der Waals surface area contributed by atoms with Gasteiger partial charge in [-0.15, -0.1) is 0 Å². The molecule has 0 spiro atoms. The van der Waals surface area contributed by atoms with Crippen molar-refractivity contribution < 1.29 is 8.42 Å². The van der Waals surface area contributed by atoms with Crippen LogP contribution < -0.4 is 4.72 Å². The lowest BCUT2D eigenvalue weighted by atomic mass is 9.81. The van der Waals surface area contributed by atoms with E-state index >= 15 is 0 Å². The summed E-state index contributed by atoms with van der Waals surface area (Å²) < 4.78 is 28.2. The summed E-state index contributed by atoms with van der Waals surface area (Å²) in [6, 6.07) is 23.9. The van der Waals surface area contributed by atoms with Gasteiger partial charge in [0.15, 0.2) is 0 Å². The van der Waals surface area contributed by atoms with E-state index in [9.17, 15) is 13.7 Å². The topological polar surface area (TPSA) is 120 Å². The van der Waals surface area contributed by atoms with Gasteiger partial charge >= 0.3 is 0 Å². The zero-order valence-electron chi connectivity index (χ0n) is 18.6. The van der Waals surface area contributed by atoms with Crippen LogP contribution in [0.5, 0.6) is 0 Å². The quantitative estimate of drug-likeness (QED) is 0.395. The Morgan fingerprint density at radius 2 is 1.60 bits per heavy atom. The third kappa shape index (κ3) is 4.07. The minimum absolute atomic E-state index is 0.0583. The van der Waals surface area contributed by atoms with Crippen LogP contribution in [0.2, 0.25) is 0 Å². The van der Waals surface area contributed by atoms with E-state index in [1.54, 1.807) is 36.5 Å². The number of fused-ring (bicyclic) bond motifs is 1. The van der Waals surface area contributed by atoms with Crippen molar-refractivity contribution >= 4 is 22.1 Å². The number of aromatic nitrogens is 2. The molecule has 0 fully saturated rings. The summed E-state index contributed by atoms with van der Waals surface area (Å²) in [6.45, 7) is 0. The fourth-order valence-electron chi connectivity index (χ4n) is 4.53. The van der Waals surface area contributed by atoms with Crippen molar-refractivity contribution in [1.29, 1.82) is 10.7 Å². The summed E-state index contributed by atoms with van der Waals surface area (Å²) in [5.74, 6) is 0.0583. The maximum absolute atomic E-state index is 12.9. The summed E-state index contributed by atoms with van der Waals surface area (Å²) in [4.78, 5) is 8.84. The number of nitrogens with one attached hydrogen (secondary N) is 2. The lowest BCUT2D eigenvalue weighted by Crippen LogP contribution is -2.26. The van der Waals surface area contributed by atoms with Gasteiger partial charge in [-0.1, -0.05) is 42.5 Å². The van der Waals surface area contributed by atoms with Crippen LogP contribution in [0.1, 0.15) is 22.4 Å². The molecule has 2 aromatic carbocycles. The number of sulfonamides is 1. The molecule has 4 aromatic rings. The molecule has 0 aliphatic heterocycles. The molecule has 0 radical (unpaired) electrons. The highest BCUT2D eigenvalue weighted by Crippen LogP contribution is 2.40. The molecule has 0 atom stereocenters. The largest absolute Gasteiger partial charge is 0.308 e. The molecule has 0 saturated carbocycles. The van der Waals surface area contributed by atoms with Crippen LogP contribution in [0, 0.1) is 16.7 Å². The molecule has 5 rings (SSSR count). The maximum Gasteiger partial charge on any atom is 0.263 e. The first kappa shape index (κ1) is 22.4. The Morgan fingerprint density at radius 1 is 0.943 bits per heavy atom. The third-order valence-corrected chi connectivity index (χ3v) is 7.65. The van der Waals surface area contributed by atoms with E-state index in [1.807, 2.05) is 30.3 Å². The van der Waals surface area contributed by atoms with Crippen molar-refractivity contribution in [3.63, 3.8) is 0 Å². The molecule has 0 unspecified atom stereocenters. The fraction of sp³-hybridized carbons (Fsp3) is 0.111. The molecule has 172 valence electrons. The summed E-state index contributed by atoms with van der Waals surface area (Å²) in [5, 5.41) is 18.2. The van der Waals surface area contributed by atoms with E-state index in [0.29, 0.717) is 29.7 Å². The van der Waals surface area contributed by atoms with Crippen molar-refractivity contribution in [1.82, 2.24) is 9.97 Å². The summed E-state index contributed by atoms with van der Waals surface area (Å²) >= 11 is 0. The van der Waals surface area contributed by atoms with Crippen LogP contribution in [0.15, 0.2) is 90.1 Å². The lowest BCUT2D eigenvalue weighted by molar-refractivity contribution is 0.568. The first-order valence-electron chi connectivity index (χ1n) is 11.0. The molecule has 0 bridgehead atoms. The smallest absolute Gasteiger partial charge is 0.263 e. The number of anilines is 1. The van der Waals surface area contributed by atoms with E-state index in [4.69, 9.17) is 5.41 Å². The maximum atomic E-state index is 12.9. The average Bonchev–Trinajstić information content (AvgIpc) is 3.29. The highest BCUT2D eigenvalue weighted by Gasteiger charge is 2.40. The van der Waals surface area contributed by atoms with Crippen molar-refractivity contribution in [2.24, 2.45) is 0 Å². The van der Waals surface area contributed by atoms with Crippen LogP contribution in [0.3, 0.4) is 0 Å². The highest BCUT2D eigenvalue weighted by atomic mass is 32.2. The predicted octanol–water partition coefficient (Wildman–Crippen LogP) is 4.50. The molecule has 7 nitrogen and oxygen atoms in total. The minimum atomic E-state index is -3.88. The van der Waals surface area contributed by atoms with Crippen molar-refractivity contribution in [2.75, 3.05) is 4.72 Å². The van der Waals surface area contributed by atoms with Gasteiger partial charge in [0.2, 0.25) is 0 Å². The van der Waals surface area contributed by atoms with Crippen molar-refractivity contribution in [2.45, 2.75) is 23.2 Å². The normalized spacial score (nSPS) is 14.0. The molecule has 2 aromatic heterocycles. The number of benzene rings is 2. The zero-order valence-corrected chi connectivity index (χ0v) is 19.5. The Balaban J connectivity index is 1.54. The fourth-order valence-corrected chi connectivity index (χ4v) is 5.58. The monoisotopic (exact) mass is 479 g/mol. The van der Waals surface area contributed by atoms with Gasteiger partial charge in [0.05, 0.1) is 16.7 Å². The van der Waals surface area contributed by atoms with E-state index in [-0.39, 0.29) is 10.7 Å². The van der Waals surface area contributed by atoms with Gasteiger partial charge in [0.1, 0.15) is 11.2 Å². The molecule has 2 N–H and O–H groups in total. The molecule has 35 heavy (non-hydrogen) atoms. The Bertz CT molecular complexity index is 1550. The summed E-state index contributed by atoms with van der Waals surface area (Å²) in [7, 11) is -3.88. The van der Waals surface area contributed by atoms with Crippen LogP contribution in [0.4, 0.5) is 5.82 Å². The molecule has 0 amide bonds. The highest BCUT2D eigenvalue weighted by molar-refractivity contribution is 7.92. The number of hydrogen-bond donors (Lipinski definition) is 2. The summed E-state index contributed by atoms with van der Waals surface area (Å²) in [6.07, 6.45) is 5.38. The average molecular weight is 480 g/mol. The van der Waals surface area contributed by atoms with Gasteiger partial charge in [0, 0.05) is 24.2 Å². The molecular formula is C27H21N5O2S. The second-order valence-electron chi connectivity index (χ2n) is 8.43. The van der Waals surface area contributed by atoms with Crippen molar-refractivity contribution in [3.8, 4) is 17.2 Å². The van der Waals surface area contributed by atoms with Crippen LogP contribution in [-0.4, -0.2) is 24.6 Å². The summed E-state index contributed by atoms with van der Waals surface area (Å²) in [5.41, 5.74) is 3.81. The number of hydrogen-bond acceptors (Lipinski definition) is 6. The standard InChI is InChI=1S/C27H21N5O2S/c28-17-24-23(11-13-31-26(24)32-35(33,34)22-8-2-1-3-9-22)19-10-12-30-25(14-19)27(18-29)15-20-6-4-5-7-21(20)16-27/h1-14,17,28H,15-16H2,(H,31,32). The van der Waals surface area contributed by atoms with Gasteiger partial charge in [-0.25, -0.2) is 13.4 Å². The van der Waals surface area contributed by atoms with Crippen LogP contribution in [0.25, 0.3) is 11.1 Å². The first-order valence-corrected chi connectivity index (χ1v) is 12.5. The van der Waals surface area contributed by atoms with Crippen molar-refractivity contribution in [3.05, 3.63) is 108 Å². The second-order valence-corrected chi connectivity index (χ2v) is 10.1. The van der Waals surface area contributed by atoms with Gasteiger partial charge in [-0.2, -0.15) is 5.26 Å². The van der Waals surface area contributed by atoms with Crippen LogP contribution >= 0.6 is 0 Å². The Labute approximate surface area is 203 Å². The predicted molar refractivity (Wildman–Crippen MR) is 134 cm³/mol. The number of pyridine rings is 2. The molecule has 1 aliphatic carbocycles. The molecule has 8 heteroatoms. The van der Waals surface area contributed by atoms with E-state index in [0.717, 1.165) is 22.9 Å². The van der Waals surface area contributed by atoms with Crippen LogP contribution in [-0.2, 0) is 28.3 Å². The van der Waals surface area contributed by atoms with Gasteiger partial charge < -0.3 is 5.41 Å². The van der Waals surface area contributed by atoms with E-state index < -0.39 is 15.4 Å². The van der Waals surface area contributed by atoms with Gasteiger partial charge in [0.25, 0.3) is 10.0 Å². The number of nitrogens with zero attached hydrogens (tertiary/aromatic N) is 3. The van der Waals surface area contributed by atoms with E-state index in [1.165, 1.54) is 18.3 Å².